The minimum absolute atomic E-state index is 0.228. The van der Waals surface area contributed by atoms with Gasteiger partial charge in [0, 0.05) is 0 Å². The van der Waals surface area contributed by atoms with E-state index < -0.39 is 0 Å². The summed E-state index contributed by atoms with van der Waals surface area (Å²) in [6, 6.07) is 2.20. The lowest BCUT2D eigenvalue weighted by Crippen LogP contribution is -2.33. The predicted molar refractivity (Wildman–Crippen MR) is 69.5 cm³/mol. The molecule has 0 unspecified atom stereocenters. The Morgan fingerprint density at radius 2 is 2.00 bits per heavy atom. The highest BCUT2D eigenvalue weighted by Crippen LogP contribution is 2.32. The molecule has 1 aliphatic heterocycles. The molecule has 0 saturated carbocycles. The highest BCUT2D eigenvalue weighted by Gasteiger charge is 2.19. The van der Waals surface area contributed by atoms with Crippen LogP contribution in [0.4, 0.5) is 0 Å². The van der Waals surface area contributed by atoms with Crippen molar-refractivity contribution >= 4 is 11.3 Å². The highest BCUT2D eigenvalue weighted by atomic mass is 32.1. The summed E-state index contributed by atoms with van der Waals surface area (Å²) in [6.45, 7) is 8.89. The number of thiophene rings is 1. The van der Waals surface area contributed by atoms with E-state index in [0.717, 1.165) is 31.0 Å². The van der Waals surface area contributed by atoms with Crippen molar-refractivity contribution in [2.24, 2.45) is 0 Å². The summed E-state index contributed by atoms with van der Waals surface area (Å²) < 4.78 is 6.01. The topological polar surface area (TPSA) is 21.3 Å². The van der Waals surface area contributed by atoms with Crippen molar-refractivity contribution in [1.82, 2.24) is 5.32 Å². The lowest BCUT2D eigenvalue weighted by atomic mass is 9.89. The van der Waals surface area contributed by atoms with Crippen LogP contribution in [-0.2, 0) is 5.41 Å². The molecule has 1 aliphatic rings. The Labute approximate surface area is 102 Å². The summed E-state index contributed by atoms with van der Waals surface area (Å²) in [6.07, 6.45) is 2.67. The molecule has 0 bridgehead atoms. The van der Waals surface area contributed by atoms with Gasteiger partial charge in [0.15, 0.2) is 5.06 Å². The Kier molecular flexibility index (Phi) is 3.55. The minimum atomic E-state index is 0.228. The third-order valence-electron chi connectivity index (χ3n) is 3.01. The van der Waals surface area contributed by atoms with Crippen LogP contribution in [0.15, 0.2) is 11.4 Å². The summed E-state index contributed by atoms with van der Waals surface area (Å²) >= 11 is 1.73. The average molecular weight is 239 g/mol. The van der Waals surface area contributed by atoms with E-state index in [1.165, 1.54) is 5.56 Å². The maximum absolute atomic E-state index is 6.01. The molecule has 1 aromatic heterocycles. The standard InChI is InChI=1S/C13H21NOS/c1-13(2,3)10-8-12(16-9-10)15-11-4-6-14-7-5-11/h8-9,11,14H,4-7H2,1-3H3. The van der Waals surface area contributed by atoms with Crippen LogP contribution in [0.1, 0.15) is 39.2 Å². The van der Waals surface area contributed by atoms with E-state index in [2.05, 4.69) is 37.5 Å². The summed E-state index contributed by atoms with van der Waals surface area (Å²) in [5.74, 6) is 0. The van der Waals surface area contributed by atoms with E-state index in [9.17, 15) is 0 Å². The molecule has 0 radical (unpaired) electrons. The number of hydrogen-bond donors (Lipinski definition) is 1. The molecular formula is C13H21NOS. The first-order valence-corrected chi connectivity index (χ1v) is 6.90. The Morgan fingerprint density at radius 3 is 2.56 bits per heavy atom. The smallest absolute Gasteiger partial charge is 0.174 e. The largest absolute Gasteiger partial charge is 0.481 e. The molecule has 0 spiro atoms. The average Bonchev–Trinajstić information content (AvgIpc) is 2.67. The first-order valence-electron chi connectivity index (χ1n) is 6.02. The normalized spacial score (nSPS) is 18.7. The van der Waals surface area contributed by atoms with Crippen molar-refractivity contribution in [3.05, 3.63) is 17.0 Å². The monoisotopic (exact) mass is 239 g/mol. The Balaban J connectivity index is 1.97. The molecule has 1 saturated heterocycles. The fraction of sp³-hybridized carbons (Fsp3) is 0.692. The van der Waals surface area contributed by atoms with Gasteiger partial charge < -0.3 is 10.1 Å². The number of ether oxygens (including phenoxy) is 1. The third-order valence-corrected chi connectivity index (χ3v) is 3.83. The Hall–Kier alpha value is -0.540. The highest BCUT2D eigenvalue weighted by molar-refractivity contribution is 7.12. The van der Waals surface area contributed by atoms with Gasteiger partial charge >= 0.3 is 0 Å². The zero-order valence-corrected chi connectivity index (χ0v) is 11.2. The van der Waals surface area contributed by atoms with Crippen molar-refractivity contribution in [1.29, 1.82) is 0 Å². The molecule has 1 N–H and O–H groups in total. The van der Waals surface area contributed by atoms with Crippen LogP contribution < -0.4 is 10.1 Å². The van der Waals surface area contributed by atoms with Crippen LogP contribution in [0.3, 0.4) is 0 Å². The van der Waals surface area contributed by atoms with E-state index in [-0.39, 0.29) is 5.41 Å². The summed E-state index contributed by atoms with van der Waals surface area (Å²) in [5, 5.41) is 6.65. The van der Waals surface area contributed by atoms with Gasteiger partial charge in [-0.25, -0.2) is 0 Å². The van der Waals surface area contributed by atoms with Gasteiger partial charge in [0.25, 0.3) is 0 Å². The molecular weight excluding hydrogens is 218 g/mol. The minimum Gasteiger partial charge on any atom is -0.481 e. The molecule has 3 heteroatoms. The second-order valence-corrected chi connectivity index (χ2v) is 6.35. The summed E-state index contributed by atoms with van der Waals surface area (Å²) in [7, 11) is 0. The van der Waals surface area contributed by atoms with Crippen LogP contribution in [-0.4, -0.2) is 19.2 Å². The zero-order chi connectivity index (χ0) is 11.6. The van der Waals surface area contributed by atoms with Crippen LogP contribution in [0.2, 0.25) is 0 Å². The summed E-state index contributed by atoms with van der Waals surface area (Å²) in [4.78, 5) is 0. The lowest BCUT2D eigenvalue weighted by Gasteiger charge is -2.23. The van der Waals surface area contributed by atoms with Crippen LogP contribution in [0.25, 0.3) is 0 Å². The zero-order valence-electron chi connectivity index (χ0n) is 10.4. The van der Waals surface area contributed by atoms with Crippen LogP contribution in [0.5, 0.6) is 5.06 Å². The van der Waals surface area contributed by atoms with Crippen LogP contribution >= 0.6 is 11.3 Å². The molecule has 1 aromatic rings. The Bertz CT molecular complexity index is 334. The van der Waals surface area contributed by atoms with Crippen molar-refractivity contribution in [2.75, 3.05) is 13.1 Å². The second kappa shape index (κ2) is 4.76. The van der Waals surface area contributed by atoms with E-state index in [1.54, 1.807) is 11.3 Å². The Morgan fingerprint density at radius 1 is 1.31 bits per heavy atom. The molecule has 0 aliphatic carbocycles. The van der Waals surface area contributed by atoms with Crippen molar-refractivity contribution in [3.63, 3.8) is 0 Å². The first-order chi connectivity index (χ1) is 7.55. The number of nitrogens with one attached hydrogen (secondary N) is 1. The molecule has 2 rings (SSSR count). The predicted octanol–water partition coefficient (Wildman–Crippen LogP) is 3.18. The quantitative estimate of drug-likeness (QED) is 0.856. The SMILES string of the molecule is CC(C)(C)c1csc(OC2CCNCC2)c1. The van der Waals surface area contributed by atoms with Gasteiger partial charge in [-0.1, -0.05) is 20.8 Å². The molecule has 16 heavy (non-hydrogen) atoms. The number of rotatable bonds is 2. The van der Waals surface area contributed by atoms with Crippen molar-refractivity contribution in [3.8, 4) is 5.06 Å². The molecule has 1 fully saturated rings. The number of hydrogen-bond acceptors (Lipinski definition) is 3. The van der Waals surface area contributed by atoms with Gasteiger partial charge in [-0.3, -0.25) is 0 Å². The molecule has 2 nitrogen and oxygen atoms in total. The maximum Gasteiger partial charge on any atom is 0.174 e. The second-order valence-electron chi connectivity index (χ2n) is 5.47. The molecule has 2 heterocycles. The van der Waals surface area contributed by atoms with Gasteiger partial charge in [0.1, 0.15) is 6.10 Å². The first kappa shape index (κ1) is 11.9. The van der Waals surface area contributed by atoms with Gasteiger partial charge in [-0.2, -0.15) is 0 Å². The van der Waals surface area contributed by atoms with Crippen LogP contribution in [0, 0.1) is 0 Å². The van der Waals surface area contributed by atoms with Crippen molar-refractivity contribution in [2.45, 2.75) is 45.1 Å². The van der Waals surface area contributed by atoms with Gasteiger partial charge in [-0.05, 0) is 48.4 Å². The lowest BCUT2D eigenvalue weighted by molar-refractivity contribution is 0.167. The van der Waals surface area contributed by atoms with E-state index in [0.29, 0.717) is 6.10 Å². The van der Waals surface area contributed by atoms with E-state index in [4.69, 9.17) is 4.74 Å². The molecule has 0 aromatic carbocycles. The molecule has 90 valence electrons. The maximum atomic E-state index is 6.01. The molecule has 0 atom stereocenters. The van der Waals surface area contributed by atoms with Gasteiger partial charge in [0.2, 0.25) is 0 Å². The summed E-state index contributed by atoms with van der Waals surface area (Å²) in [5.41, 5.74) is 1.60. The van der Waals surface area contributed by atoms with Gasteiger partial charge in [0.05, 0.1) is 0 Å². The third kappa shape index (κ3) is 2.98. The fourth-order valence-corrected chi connectivity index (χ4v) is 2.90. The van der Waals surface area contributed by atoms with E-state index in [1.807, 2.05) is 0 Å². The molecule has 0 amide bonds. The van der Waals surface area contributed by atoms with Crippen molar-refractivity contribution < 1.29 is 4.74 Å². The number of piperidine rings is 1. The van der Waals surface area contributed by atoms with Gasteiger partial charge in [-0.15, -0.1) is 11.3 Å². The fourth-order valence-electron chi connectivity index (χ4n) is 1.85. The van der Waals surface area contributed by atoms with E-state index >= 15 is 0 Å².